The van der Waals surface area contributed by atoms with Gasteiger partial charge in [-0.3, -0.25) is 5.43 Å². The Kier molecular flexibility index (Phi) is 3.32. The van der Waals surface area contributed by atoms with E-state index in [9.17, 15) is 0 Å². The second kappa shape index (κ2) is 3.90. The van der Waals surface area contributed by atoms with Gasteiger partial charge in [-0.05, 0) is 6.42 Å². The van der Waals surface area contributed by atoms with Crippen molar-refractivity contribution in [1.29, 1.82) is 0 Å². The van der Waals surface area contributed by atoms with E-state index in [1.165, 1.54) is 0 Å². The molecular weight excluding hydrogens is 220 g/mol. The van der Waals surface area contributed by atoms with Gasteiger partial charge in [0.1, 0.15) is 6.67 Å². The lowest BCUT2D eigenvalue weighted by Crippen LogP contribution is -2.37. The molecule has 0 bridgehead atoms. The van der Waals surface area contributed by atoms with Crippen LogP contribution in [0.2, 0.25) is 0 Å². The van der Waals surface area contributed by atoms with E-state index < -0.39 is 3.79 Å². The molecule has 0 saturated heterocycles. The predicted octanol–water partition coefficient (Wildman–Crippen LogP) is 1.94. The topological polar surface area (TPSA) is 27.6 Å². The van der Waals surface area contributed by atoms with E-state index in [-0.39, 0.29) is 0 Å². The fraction of sp³-hybridized carbons (Fsp3) is 0.833. The molecule has 0 aliphatic carbocycles. The van der Waals surface area contributed by atoms with E-state index in [0.29, 0.717) is 12.5 Å². The Morgan fingerprint density at radius 2 is 2.25 bits per heavy atom. The van der Waals surface area contributed by atoms with Crippen LogP contribution < -0.4 is 5.43 Å². The van der Waals surface area contributed by atoms with Crippen LogP contribution in [0.25, 0.3) is 0 Å². The van der Waals surface area contributed by atoms with Gasteiger partial charge >= 0.3 is 0 Å². The fourth-order valence-corrected chi connectivity index (χ4v) is 1.52. The molecule has 1 aliphatic rings. The van der Waals surface area contributed by atoms with Crippen molar-refractivity contribution in [3.8, 4) is 0 Å². The summed E-state index contributed by atoms with van der Waals surface area (Å²) < 4.78 is -1.42. The first-order valence-electron chi connectivity index (χ1n) is 3.68. The summed E-state index contributed by atoms with van der Waals surface area (Å²) in [7, 11) is 0. The summed E-state index contributed by atoms with van der Waals surface area (Å²) in [6, 6.07) is 0. The SMILES string of the molecule is CCCN1CNN=C1C(Cl)(Cl)Cl. The van der Waals surface area contributed by atoms with Gasteiger partial charge in [0.15, 0.2) is 5.84 Å². The molecule has 0 unspecified atom stereocenters. The highest BCUT2D eigenvalue weighted by Gasteiger charge is 2.34. The minimum absolute atomic E-state index is 0.481. The number of nitrogens with zero attached hydrogens (tertiary/aromatic N) is 2. The van der Waals surface area contributed by atoms with Gasteiger partial charge in [0, 0.05) is 6.54 Å². The maximum Gasteiger partial charge on any atom is 0.249 e. The third-order valence-corrected chi connectivity index (χ3v) is 2.00. The number of hydrogen-bond acceptors (Lipinski definition) is 3. The number of halogens is 3. The van der Waals surface area contributed by atoms with Crippen molar-refractivity contribution >= 4 is 40.6 Å². The van der Waals surface area contributed by atoms with Crippen LogP contribution in [0.3, 0.4) is 0 Å². The number of hydrazone groups is 1. The molecule has 6 heteroatoms. The van der Waals surface area contributed by atoms with Crippen molar-refractivity contribution in [1.82, 2.24) is 10.3 Å². The molecule has 3 nitrogen and oxygen atoms in total. The van der Waals surface area contributed by atoms with E-state index in [4.69, 9.17) is 34.8 Å². The maximum absolute atomic E-state index is 5.69. The zero-order valence-corrected chi connectivity index (χ0v) is 8.92. The lowest BCUT2D eigenvalue weighted by molar-refractivity contribution is 0.420. The maximum atomic E-state index is 5.69. The smallest absolute Gasteiger partial charge is 0.249 e. The first-order chi connectivity index (χ1) is 5.55. The number of amidine groups is 1. The van der Waals surface area contributed by atoms with Crippen LogP contribution in [0.15, 0.2) is 5.10 Å². The zero-order chi connectivity index (χ0) is 9.19. The summed E-state index contributed by atoms with van der Waals surface area (Å²) in [6.45, 7) is 3.53. The molecular formula is C6H10Cl3N3. The lowest BCUT2D eigenvalue weighted by atomic mass is 10.4. The Morgan fingerprint density at radius 3 is 2.75 bits per heavy atom. The highest BCUT2D eigenvalue weighted by atomic mass is 35.6. The largest absolute Gasteiger partial charge is 0.336 e. The first-order valence-corrected chi connectivity index (χ1v) is 4.81. The van der Waals surface area contributed by atoms with Crippen LogP contribution >= 0.6 is 34.8 Å². The predicted molar refractivity (Wildman–Crippen MR) is 52.7 cm³/mol. The first kappa shape index (κ1) is 10.2. The summed E-state index contributed by atoms with van der Waals surface area (Å²) in [5.74, 6) is 0.481. The van der Waals surface area contributed by atoms with Crippen LogP contribution in [0.1, 0.15) is 13.3 Å². The second-order valence-electron chi connectivity index (χ2n) is 2.51. The van der Waals surface area contributed by atoms with Gasteiger partial charge in [-0.2, -0.15) is 5.10 Å². The quantitative estimate of drug-likeness (QED) is 0.734. The molecule has 0 radical (unpaired) electrons. The van der Waals surface area contributed by atoms with Crippen LogP contribution in [0.5, 0.6) is 0 Å². The highest BCUT2D eigenvalue weighted by molar-refractivity contribution is 6.76. The minimum atomic E-state index is -1.42. The van der Waals surface area contributed by atoms with E-state index in [1.54, 1.807) is 0 Å². The molecule has 0 atom stereocenters. The molecule has 12 heavy (non-hydrogen) atoms. The van der Waals surface area contributed by atoms with Gasteiger partial charge in [0.25, 0.3) is 0 Å². The van der Waals surface area contributed by atoms with Gasteiger partial charge in [-0.25, -0.2) is 0 Å². The minimum Gasteiger partial charge on any atom is -0.336 e. The Hall–Kier alpha value is 0.140. The Labute approximate surface area is 86.6 Å². The van der Waals surface area contributed by atoms with Crippen molar-refractivity contribution in [2.75, 3.05) is 13.2 Å². The van der Waals surface area contributed by atoms with Gasteiger partial charge in [-0.15, -0.1) is 0 Å². The normalized spacial score (nSPS) is 17.7. The molecule has 0 aromatic heterocycles. The van der Waals surface area contributed by atoms with Crippen LogP contribution in [-0.4, -0.2) is 27.7 Å². The molecule has 1 aliphatic heterocycles. The van der Waals surface area contributed by atoms with E-state index in [1.807, 2.05) is 4.90 Å². The van der Waals surface area contributed by atoms with Crippen molar-refractivity contribution in [2.45, 2.75) is 17.1 Å². The monoisotopic (exact) mass is 229 g/mol. The van der Waals surface area contributed by atoms with Gasteiger partial charge in [0.05, 0.1) is 0 Å². The molecule has 0 fully saturated rings. The summed E-state index contributed by atoms with van der Waals surface area (Å²) in [5.41, 5.74) is 2.77. The van der Waals surface area contributed by atoms with Gasteiger partial charge in [0.2, 0.25) is 3.79 Å². The molecule has 0 aromatic carbocycles. The number of hydrogen-bond donors (Lipinski definition) is 1. The van der Waals surface area contributed by atoms with Gasteiger partial charge in [-0.1, -0.05) is 41.7 Å². The van der Waals surface area contributed by atoms with Crippen molar-refractivity contribution in [2.24, 2.45) is 5.10 Å². The summed E-state index contributed by atoms with van der Waals surface area (Å²) >= 11 is 17.1. The Morgan fingerprint density at radius 1 is 1.58 bits per heavy atom. The molecule has 0 amide bonds. The highest BCUT2D eigenvalue weighted by Crippen LogP contribution is 2.30. The molecule has 0 saturated carbocycles. The van der Waals surface area contributed by atoms with Crippen LogP contribution in [-0.2, 0) is 0 Å². The lowest BCUT2D eigenvalue weighted by Gasteiger charge is -2.22. The van der Waals surface area contributed by atoms with Gasteiger partial charge < -0.3 is 4.90 Å². The Bertz CT molecular complexity index is 187. The average molecular weight is 231 g/mol. The zero-order valence-electron chi connectivity index (χ0n) is 6.65. The molecule has 1 rings (SSSR count). The number of rotatable bonds is 2. The third-order valence-electron chi connectivity index (χ3n) is 1.49. The van der Waals surface area contributed by atoms with Crippen LogP contribution in [0.4, 0.5) is 0 Å². The molecule has 0 spiro atoms. The molecule has 1 N–H and O–H groups in total. The van der Waals surface area contributed by atoms with Crippen LogP contribution in [0, 0.1) is 0 Å². The standard InChI is InChI=1S/C6H10Cl3N3/c1-2-3-12-4-10-11-5(12)6(7,8)9/h10H,2-4H2,1H3. The molecule has 0 aromatic rings. The molecule has 70 valence electrons. The van der Waals surface area contributed by atoms with E-state index >= 15 is 0 Å². The summed E-state index contributed by atoms with van der Waals surface area (Å²) in [5, 5.41) is 3.90. The summed E-state index contributed by atoms with van der Waals surface area (Å²) in [4.78, 5) is 1.91. The fourth-order valence-electron chi connectivity index (χ4n) is 1.04. The summed E-state index contributed by atoms with van der Waals surface area (Å²) in [6.07, 6.45) is 1.00. The van der Waals surface area contributed by atoms with E-state index in [0.717, 1.165) is 13.0 Å². The van der Waals surface area contributed by atoms with Crippen molar-refractivity contribution in [3.63, 3.8) is 0 Å². The Balaban J connectivity index is 2.63. The average Bonchev–Trinajstić information content (AvgIpc) is 2.34. The van der Waals surface area contributed by atoms with Crippen molar-refractivity contribution in [3.05, 3.63) is 0 Å². The second-order valence-corrected chi connectivity index (χ2v) is 4.79. The van der Waals surface area contributed by atoms with Crippen molar-refractivity contribution < 1.29 is 0 Å². The number of nitrogens with one attached hydrogen (secondary N) is 1. The third kappa shape index (κ3) is 2.31. The molecule has 1 heterocycles. The number of alkyl halides is 3. The van der Waals surface area contributed by atoms with E-state index in [2.05, 4.69) is 17.5 Å².